The predicted molar refractivity (Wildman–Crippen MR) is 82.3 cm³/mol. The van der Waals surface area contributed by atoms with Crippen molar-refractivity contribution in [1.82, 2.24) is 5.32 Å². The zero-order valence-electron chi connectivity index (χ0n) is 11.4. The number of benzene rings is 1. The third kappa shape index (κ3) is 3.08. The second-order valence-corrected chi connectivity index (χ2v) is 6.37. The molecule has 1 atom stereocenters. The second kappa shape index (κ2) is 5.73. The van der Waals surface area contributed by atoms with Crippen LogP contribution in [0.2, 0.25) is 0 Å². The number of carbonyl (C=O) groups excluding carboxylic acids is 1. The lowest BCUT2D eigenvalue weighted by atomic mass is 10.0. The number of nitrogens with zero attached hydrogens (tertiary/aromatic N) is 2. The van der Waals surface area contributed by atoms with Gasteiger partial charge in [0.2, 0.25) is 5.91 Å². The number of hydrogen-bond acceptors (Lipinski definition) is 4. The summed E-state index contributed by atoms with van der Waals surface area (Å²) in [5.74, 6) is 0.0581. The van der Waals surface area contributed by atoms with Gasteiger partial charge in [-0.2, -0.15) is 0 Å². The highest BCUT2D eigenvalue weighted by Crippen LogP contribution is 2.33. The fraction of sp³-hybridized carbons (Fsp3) is 0.500. The van der Waals surface area contributed by atoms with Crippen molar-refractivity contribution in [2.45, 2.75) is 37.8 Å². The van der Waals surface area contributed by atoms with Crippen LogP contribution in [-0.2, 0) is 4.79 Å². The molecule has 1 unspecified atom stereocenters. The summed E-state index contributed by atoms with van der Waals surface area (Å²) in [6.07, 6.45) is 4.08. The van der Waals surface area contributed by atoms with Gasteiger partial charge in [0, 0.05) is 29.2 Å². The van der Waals surface area contributed by atoms with Crippen molar-refractivity contribution in [1.29, 1.82) is 0 Å². The van der Waals surface area contributed by atoms with Crippen LogP contribution >= 0.6 is 15.9 Å². The minimum Gasteiger partial charge on any atom is -0.310 e. The Hall–Kier alpha value is -1.47. The molecule has 7 heteroatoms. The van der Waals surface area contributed by atoms with E-state index in [2.05, 4.69) is 21.2 Å². The summed E-state index contributed by atoms with van der Waals surface area (Å²) in [4.78, 5) is 24.6. The van der Waals surface area contributed by atoms with Crippen LogP contribution in [0.15, 0.2) is 22.7 Å². The molecule has 6 nitrogen and oxygen atoms in total. The second-order valence-electron chi connectivity index (χ2n) is 5.52. The topological polar surface area (TPSA) is 75.5 Å². The maximum Gasteiger partial charge on any atom is 0.270 e. The molecule has 1 saturated carbocycles. The molecule has 1 aliphatic carbocycles. The lowest BCUT2D eigenvalue weighted by molar-refractivity contribution is -0.384. The van der Waals surface area contributed by atoms with Gasteiger partial charge in [-0.1, -0.05) is 0 Å². The first-order valence-electron chi connectivity index (χ1n) is 7.07. The standard InChI is InChI=1S/C14H16BrN3O3/c15-11-8-10(18(20)21)5-6-13(11)17-7-1-2-12(14(17)19)16-9-3-4-9/h5-6,8-9,12,16H,1-4,7H2. The number of rotatable bonds is 4. The van der Waals surface area contributed by atoms with Crippen molar-refractivity contribution in [3.63, 3.8) is 0 Å². The van der Waals surface area contributed by atoms with Gasteiger partial charge in [0.15, 0.2) is 0 Å². The van der Waals surface area contributed by atoms with E-state index in [1.165, 1.54) is 12.1 Å². The number of halogens is 1. The first-order valence-corrected chi connectivity index (χ1v) is 7.87. The van der Waals surface area contributed by atoms with E-state index in [4.69, 9.17) is 0 Å². The highest BCUT2D eigenvalue weighted by Gasteiger charge is 2.34. The van der Waals surface area contributed by atoms with E-state index in [1.807, 2.05) is 0 Å². The molecule has 1 amide bonds. The van der Waals surface area contributed by atoms with E-state index in [-0.39, 0.29) is 17.6 Å². The number of carbonyl (C=O) groups is 1. The molecule has 1 saturated heterocycles. The lowest BCUT2D eigenvalue weighted by Crippen LogP contribution is -2.51. The first kappa shape index (κ1) is 14.5. The Balaban J connectivity index is 1.81. The molecular formula is C14H16BrN3O3. The molecule has 0 radical (unpaired) electrons. The normalized spacial score (nSPS) is 22.4. The van der Waals surface area contributed by atoms with Crippen LogP contribution in [0, 0.1) is 10.1 Å². The number of amides is 1. The molecule has 1 heterocycles. The largest absolute Gasteiger partial charge is 0.310 e. The Bertz CT molecular complexity index is 589. The van der Waals surface area contributed by atoms with E-state index in [0.29, 0.717) is 22.7 Å². The molecule has 1 aromatic rings. The van der Waals surface area contributed by atoms with Gasteiger partial charge < -0.3 is 10.2 Å². The third-order valence-electron chi connectivity index (χ3n) is 3.89. The molecule has 1 aromatic carbocycles. The molecule has 3 rings (SSSR count). The number of nitro benzene ring substituents is 1. The van der Waals surface area contributed by atoms with Crippen LogP contribution in [-0.4, -0.2) is 29.5 Å². The van der Waals surface area contributed by atoms with E-state index < -0.39 is 4.92 Å². The highest BCUT2D eigenvalue weighted by atomic mass is 79.9. The smallest absolute Gasteiger partial charge is 0.270 e. The zero-order chi connectivity index (χ0) is 15.0. The Morgan fingerprint density at radius 3 is 2.71 bits per heavy atom. The summed E-state index contributed by atoms with van der Waals surface area (Å²) >= 11 is 3.34. The fourth-order valence-corrected chi connectivity index (χ4v) is 3.21. The van der Waals surface area contributed by atoms with Crippen LogP contribution in [0.5, 0.6) is 0 Å². The van der Waals surface area contributed by atoms with Crippen molar-refractivity contribution in [2.24, 2.45) is 0 Å². The molecule has 21 heavy (non-hydrogen) atoms. The maximum atomic E-state index is 12.6. The number of nitrogens with one attached hydrogen (secondary N) is 1. The summed E-state index contributed by atoms with van der Waals surface area (Å²) < 4.78 is 0.581. The molecule has 1 N–H and O–H groups in total. The molecule has 112 valence electrons. The molecular weight excluding hydrogens is 338 g/mol. The average Bonchev–Trinajstić information content (AvgIpc) is 3.25. The molecule has 2 fully saturated rings. The predicted octanol–water partition coefficient (Wildman–Crippen LogP) is 2.60. The number of hydrogen-bond donors (Lipinski definition) is 1. The Labute approximate surface area is 130 Å². The number of nitro groups is 1. The summed E-state index contributed by atoms with van der Waals surface area (Å²) in [6, 6.07) is 4.87. The van der Waals surface area contributed by atoms with Crippen molar-refractivity contribution in [3.05, 3.63) is 32.8 Å². The van der Waals surface area contributed by atoms with Gasteiger partial charge in [0.25, 0.3) is 5.69 Å². The van der Waals surface area contributed by atoms with Gasteiger partial charge in [-0.05, 0) is 47.7 Å². The van der Waals surface area contributed by atoms with Gasteiger partial charge in [-0.15, -0.1) is 0 Å². The highest BCUT2D eigenvalue weighted by molar-refractivity contribution is 9.10. The van der Waals surface area contributed by atoms with Crippen LogP contribution < -0.4 is 10.2 Å². The van der Waals surface area contributed by atoms with Crippen molar-refractivity contribution < 1.29 is 9.72 Å². The van der Waals surface area contributed by atoms with Gasteiger partial charge in [-0.25, -0.2) is 0 Å². The Kier molecular flexibility index (Phi) is 3.95. The zero-order valence-corrected chi connectivity index (χ0v) is 13.0. The van der Waals surface area contributed by atoms with Gasteiger partial charge in [0.1, 0.15) is 0 Å². The van der Waals surface area contributed by atoms with Crippen LogP contribution in [0.3, 0.4) is 0 Å². The van der Waals surface area contributed by atoms with Crippen molar-refractivity contribution in [2.75, 3.05) is 11.4 Å². The van der Waals surface area contributed by atoms with E-state index in [9.17, 15) is 14.9 Å². The Morgan fingerprint density at radius 1 is 1.33 bits per heavy atom. The van der Waals surface area contributed by atoms with Crippen LogP contribution in [0.1, 0.15) is 25.7 Å². The van der Waals surface area contributed by atoms with E-state index in [0.717, 1.165) is 25.7 Å². The summed E-state index contributed by atoms with van der Waals surface area (Å²) in [5.41, 5.74) is 0.718. The van der Waals surface area contributed by atoms with Crippen molar-refractivity contribution in [3.8, 4) is 0 Å². The van der Waals surface area contributed by atoms with Crippen LogP contribution in [0.4, 0.5) is 11.4 Å². The first-order chi connectivity index (χ1) is 10.1. The summed E-state index contributed by atoms with van der Waals surface area (Å²) in [7, 11) is 0. The minimum absolute atomic E-state index is 0.0164. The van der Waals surface area contributed by atoms with Crippen LogP contribution in [0.25, 0.3) is 0 Å². The Morgan fingerprint density at radius 2 is 2.10 bits per heavy atom. The number of piperidine rings is 1. The lowest BCUT2D eigenvalue weighted by Gasteiger charge is -2.33. The molecule has 1 aliphatic heterocycles. The summed E-state index contributed by atoms with van der Waals surface area (Å²) in [6.45, 7) is 0.651. The molecule has 0 aromatic heterocycles. The van der Waals surface area contributed by atoms with E-state index in [1.54, 1.807) is 11.0 Å². The van der Waals surface area contributed by atoms with E-state index >= 15 is 0 Å². The minimum atomic E-state index is -0.440. The van der Waals surface area contributed by atoms with Gasteiger partial charge in [-0.3, -0.25) is 14.9 Å². The SMILES string of the molecule is O=C1C(NC2CC2)CCCN1c1ccc([N+](=O)[O-])cc1Br. The molecule has 0 spiro atoms. The number of non-ortho nitro benzene ring substituents is 1. The monoisotopic (exact) mass is 353 g/mol. The maximum absolute atomic E-state index is 12.6. The summed E-state index contributed by atoms with van der Waals surface area (Å²) in [5, 5.41) is 14.2. The third-order valence-corrected chi connectivity index (χ3v) is 4.52. The average molecular weight is 354 g/mol. The van der Waals surface area contributed by atoms with Crippen molar-refractivity contribution >= 4 is 33.2 Å². The van der Waals surface area contributed by atoms with Gasteiger partial charge >= 0.3 is 0 Å². The molecule has 2 aliphatic rings. The fourth-order valence-electron chi connectivity index (χ4n) is 2.63. The quantitative estimate of drug-likeness (QED) is 0.666. The van der Waals surface area contributed by atoms with Gasteiger partial charge in [0.05, 0.1) is 16.7 Å². The molecule has 0 bridgehead atoms. The number of anilines is 1.